The van der Waals surface area contributed by atoms with Crippen LogP contribution in [0.2, 0.25) is 5.02 Å². The third-order valence-corrected chi connectivity index (χ3v) is 6.09. The van der Waals surface area contributed by atoms with Crippen LogP contribution in [0.25, 0.3) is 0 Å². The molecule has 1 aliphatic heterocycles. The van der Waals surface area contributed by atoms with Crippen molar-refractivity contribution in [3.8, 4) is 5.75 Å². The highest BCUT2D eigenvalue weighted by atomic mass is 35.5. The van der Waals surface area contributed by atoms with Gasteiger partial charge in [0.05, 0.1) is 19.2 Å². The summed E-state index contributed by atoms with van der Waals surface area (Å²) < 4.78 is 18.6. The fourth-order valence-electron chi connectivity index (χ4n) is 3.69. The number of hydrogen-bond acceptors (Lipinski definition) is 4. The quantitative estimate of drug-likeness (QED) is 0.464. The van der Waals surface area contributed by atoms with E-state index < -0.39 is 11.9 Å². The number of ether oxygens (including phenoxy) is 1. The van der Waals surface area contributed by atoms with E-state index in [0.29, 0.717) is 28.7 Å². The molecule has 0 unspecified atom stereocenters. The van der Waals surface area contributed by atoms with E-state index in [0.717, 1.165) is 5.56 Å². The Morgan fingerprint density at radius 3 is 2.32 bits per heavy atom. The number of rotatable bonds is 7. The second-order valence-corrected chi connectivity index (χ2v) is 8.49. The molecule has 0 bridgehead atoms. The molecule has 1 aliphatic rings. The molecule has 3 aromatic rings. The van der Waals surface area contributed by atoms with Crippen LogP contribution >= 0.6 is 23.8 Å². The second kappa shape index (κ2) is 10.2. The van der Waals surface area contributed by atoms with Gasteiger partial charge in [-0.1, -0.05) is 23.7 Å². The summed E-state index contributed by atoms with van der Waals surface area (Å²) in [5.74, 6) is -0.447. The molecule has 1 atom stereocenters. The molecule has 0 radical (unpaired) electrons. The number of benzene rings is 3. The fourth-order valence-corrected chi connectivity index (χ4v) is 4.20. The molecule has 0 saturated carbocycles. The van der Waals surface area contributed by atoms with Crippen LogP contribution in [-0.2, 0) is 16.1 Å². The smallest absolute Gasteiger partial charge is 0.256 e. The van der Waals surface area contributed by atoms with E-state index in [-0.39, 0.29) is 23.3 Å². The first-order chi connectivity index (χ1) is 16.4. The lowest BCUT2D eigenvalue weighted by Gasteiger charge is -2.24. The zero-order valence-electron chi connectivity index (χ0n) is 18.2. The van der Waals surface area contributed by atoms with Gasteiger partial charge in [0.1, 0.15) is 17.6 Å². The lowest BCUT2D eigenvalue weighted by atomic mass is 10.1. The lowest BCUT2D eigenvalue weighted by Crippen LogP contribution is -2.37. The Balaban J connectivity index is 1.58. The van der Waals surface area contributed by atoms with Crippen molar-refractivity contribution in [1.82, 2.24) is 4.90 Å². The number of thiocarbonyl (C=S) groups is 1. The first-order valence-electron chi connectivity index (χ1n) is 10.4. The summed E-state index contributed by atoms with van der Waals surface area (Å²) in [6.07, 6.45) is -0.115. The van der Waals surface area contributed by atoms with Crippen molar-refractivity contribution in [3.63, 3.8) is 0 Å². The number of methoxy groups -OCH3 is 1. The van der Waals surface area contributed by atoms with Crippen molar-refractivity contribution in [2.75, 3.05) is 17.3 Å². The summed E-state index contributed by atoms with van der Waals surface area (Å²) in [7, 11) is 1.56. The molecule has 1 saturated heterocycles. The van der Waals surface area contributed by atoms with Crippen molar-refractivity contribution in [3.05, 3.63) is 89.2 Å². The molecule has 6 nitrogen and oxygen atoms in total. The number of anilines is 2. The Bertz CT molecular complexity index is 1200. The Labute approximate surface area is 206 Å². The van der Waals surface area contributed by atoms with Crippen LogP contribution < -0.4 is 15.0 Å². The van der Waals surface area contributed by atoms with Gasteiger partial charge >= 0.3 is 0 Å². The third-order valence-electron chi connectivity index (χ3n) is 5.42. The molecule has 0 spiro atoms. The highest BCUT2D eigenvalue weighted by Gasteiger charge is 2.44. The van der Waals surface area contributed by atoms with Gasteiger partial charge in [0, 0.05) is 17.3 Å². The molecule has 1 fully saturated rings. The topological polar surface area (TPSA) is 61.9 Å². The fraction of sp³-hybridized carbons (Fsp3) is 0.160. The van der Waals surface area contributed by atoms with Gasteiger partial charge in [-0.05, 0) is 78.4 Å². The van der Waals surface area contributed by atoms with E-state index >= 15 is 0 Å². The second-order valence-electron chi connectivity index (χ2n) is 7.68. The SMILES string of the molecule is COc1ccc(NC(=O)C[C@H]2C(=O)N(c3ccc(F)cc3)C(=S)N2Cc2ccc(Cl)cc2)cc1. The number of amides is 2. The molecule has 1 N–H and O–H groups in total. The maximum absolute atomic E-state index is 13.4. The molecule has 2 amide bonds. The van der Waals surface area contributed by atoms with Gasteiger partial charge in [0.15, 0.2) is 5.11 Å². The van der Waals surface area contributed by atoms with Gasteiger partial charge in [-0.25, -0.2) is 4.39 Å². The molecule has 4 rings (SSSR count). The number of halogens is 2. The van der Waals surface area contributed by atoms with Crippen LogP contribution in [-0.4, -0.2) is 35.0 Å². The largest absolute Gasteiger partial charge is 0.497 e. The number of carbonyl (C=O) groups excluding carboxylic acids is 2. The average Bonchev–Trinajstić information content (AvgIpc) is 3.05. The Kier molecular flexibility index (Phi) is 7.09. The summed E-state index contributed by atoms with van der Waals surface area (Å²) in [4.78, 5) is 29.3. The molecular weight excluding hydrogens is 477 g/mol. The molecule has 34 heavy (non-hydrogen) atoms. The first kappa shape index (κ1) is 23.7. The van der Waals surface area contributed by atoms with Crippen molar-refractivity contribution in [1.29, 1.82) is 0 Å². The summed E-state index contributed by atoms with van der Waals surface area (Å²) >= 11 is 11.6. The normalized spacial score (nSPS) is 15.6. The highest BCUT2D eigenvalue weighted by molar-refractivity contribution is 7.80. The van der Waals surface area contributed by atoms with Gasteiger partial charge in [-0.2, -0.15) is 0 Å². The van der Waals surface area contributed by atoms with Gasteiger partial charge in [0.25, 0.3) is 5.91 Å². The summed E-state index contributed by atoms with van der Waals surface area (Å²) in [5.41, 5.74) is 1.90. The first-order valence-corrected chi connectivity index (χ1v) is 11.2. The van der Waals surface area contributed by atoms with Gasteiger partial charge in [0.2, 0.25) is 5.91 Å². The summed E-state index contributed by atoms with van der Waals surface area (Å²) in [6, 6.07) is 18.7. The van der Waals surface area contributed by atoms with Crippen molar-refractivity contribution in [2.45, 2.75) is 19.0 Å². The molecule has 1 heterocycles. The van der Waals surface area contributed by atoms with Crippen LogP contribution in [0.4, 0.5) is 15.8 Å². The molecule has 0 aliphatic carbocycles. The van der Waals surface area contributed by atoms with E-state index in [1.807, 2.05) is 12.1 Å². The number of nitrogens with zero attached hydrogens (tertiary/aromatic N) is 2. The van der Waals surface area contributed by atoms with E-state index in [1.54, 1.807) is 48.4 Å². The maximum Gasteiger partial charge on any atom is 0.256 e. The zero-order valence-corrected chi connectivity index (χ0v) is 19.8. The van der Waals surface area contributed by atoms with Gasteiger partial charge in [-0.3, -0.25) is 14.5 Å². The predicted molar refractivity (Wildman–Crippen MR) is 134 cm³/mol. The van der Waals surface area contributed by atoms with Gasteiger partial charge in [-0.15, -0.1) is 0 Å². The van der Waals surface area contributed by atoms with E-state index in [2.05, 4.69) is 5.32 Å². The lowest BCUT2D eigenvalue weighted by molar-refractivity contribution is -0.124. The Hall–Kier alpha value is -3.49. The highest BCUT2D eigenvalue weighted by Crippen LogP contribution is 2.29. The zero-order chi connectivity index (χ0) is 24.2. The van der Waals surface area contributed by atoms with Crippen molar-refractivity contribution < 1.29 is 18.7 Å². The monoisotopic (exact) mass is 497 g/mol. The van der Waals surface area contributed by atoms with Crippen LogP contribution in [0.15, 0.2) is 72.8 Å². The van der Waals surface area contributed by atoms with Crippen molar-refractivity contribution >= 4 is 52.1 Å². The minimum atomic E-state index is -0.827. The Morgan fingerprint density at radius 1 is 1.06 bits per heavy atom. The molecule has 3 aromatic carbocycles. The minimum Gasteiger partial charge on any atom is -0.497 e. The number of hydrogen-bond donors (Lipinski definition) is 1. The molecule has 9 heteroatoms. The van der Waals surface area contributed by atoms with Crippen LogP contribution in [0.3, 0.4) is 0 Å². The van der Waals surface area contributed by atoms with E-state index in [1.165, 1.54) is 29.2 Å². The van der Waals surface area contributed by atoms with Crippen LogP contribution in [0.1, 0.15) is 12.0 Å². The van der Waals surface area contributed by atoms with Crippen LogP contribution in [0.5, 0.6) is 5.75 Å². The molecule has 174 valence electrons. The standard InChI is InChI=1S/C25H21ClFN3O3S/c1-33-21-12-8-19(9-13-21)28-23(31)14-22-24(32)30(20-10-6-18(27)7-11-20)25(34)29(22)15-16-2-4-17(26)5-3-16/h2-13,22H,14-15H2,1H3,(H,28,31)/t22-/m0/s1. The number of carbonyl (C=O) groups is 2. The van der Waals surface area contributed by atoms with E-state index in [9.17, 15) is 14.0 Å². The predicted octanol–water partition coefficient (Wildman–Crippen LogP) is 5.02. The number of nitrogens with one attached hydrogen (secondary N) is 1. The van der Waals surface area contributed by atoms with Crippen molar-refractivity contribution in [2.24, 2.45) is 0 Å². The molecular formula is C25H21ClFN3O3S. The Morgan fingerprint density at radius 2 is 1.71 bits per heavy atom. The third kappa shape index (κ3) is 5.18. The average molecular weight is 498 g/mol. The summed E-state index contributed by atoms with van der Waals surface area (Å²) in [6.45, 7) is 0.305. The van der Waals surface area contributed by atoms with E-state index in [4.69, 9.17) is 28.6 Å². The van der Waals surface area contributed by atoms with Gasteiger partial charge < -0.3 is 15.0 Å². The maximum atomic E-state index is 13.4. The minimum absolute atomic E-state index is 0.115. The molecule has 0 aromatic heterocycles. The summed E-state index contributed by atoms with van der Waals surface area (Å²) in [5, 5.41) is 3.64. The van der Waals surface area contributed by atoms with Crippen LogP contribution in [0, 0.1) is 5.82 Å².